The molecule has 1 heterocycles. The van der Waals surface area contributed by atoms with Crippen LogP contribution in [0.5, 0.6) is 11.5 Å². The maximum Gasteiger partial charge on any atom is 0.176 e. The van der Waals surface area contributed by atoms with E-state index in [1.54, 1.807) is 10.8 Å². The predicted molar refractivity (Wildman–Crippen MR) is 85.8 cm³/mol. The molecule has 0 unspecified atom stereocenters. The summed E-state index contributed by atoms with van der Waals surface area (Å²) in [6.45, 7) is 3.20. The summed E-state index contributed by atoms with van der Waals surface area (Å²) in [6.07, 6.45) is 1.59. The molecule has 0 aliphatic carbocycles. The minimum absolute atomic E-state index is 0.296. The topological polar surface area (TPSA) is 62.3 Å². The molecule has 0 saturated heterocycles. The van der Waals surface area contributed by atoms with Crippen LogP contribution in [0, 0.1) is 0 Å². The van der Waals surface area contributed by atoms with Gasteiger partial charge in [0.1, 0.15) is 17.6 Å². The van der Waals surface area contributed by atoms with Crippen molar-refractivity contribution in [3.63, 3.8) is 0 Å². The highest BCUT2D eigenvalue weighted by atomic mass is 79.9. The molecule has 0 radical (unpaired) electrons. The molecule has 2 rings (SSSR count). The number of rotatable bonds is 6. The van der Waals surface area contributed by atoms with Crippen LogP contribution in [0.1, 0.15) is 18.3 Å². The third-order valence-electron chi connectivity index (χ3n) is 2.98. The summed E-state index contributed by atoms with van der Waals surface area (Å²) < 4.78 is 14.0. The summed E-state index contributed by atoms with van der Waals surface area (Å²) in [4.78, 5) is 4.20. The molecule has 114 valence electrons. The Morgan fingerprint density at radius 2 is 2.14 bits per heavy atom. The first kappa shape index (κ1) is 16.1. The SMILES string of the molecule is CCOc1cc(CN)cc(Br)c1OCc1ncc(Cl)n1C. The van der Waals surface area contributed by atoms with E-state index in [4.69, 9.17) is 26.8 Å². The normalized spacial score (nSPS) is 10.7. The van der Waals surface area contributed by atoms with E-state index >= 15 is 0 Å². The smallest absolute Gasteiger partial charge is 0.176 e. The van der Waals surface area contributed by atoms with Crippen molar-refractivity contribution < 1.29 is 9.47 Å². The van der Waals surface area contributed by atoms with E-state index < -0.39 is 0 Å². The summed E-state index contributed by atoms with van der Waals surface area (Å²) >= 11 is 9.45. The zero-order valence-electron chi connectivity index (χ0n) is 11.9. The van der Waals surface area contributed by atoms with Gasteiger partial charge >= 0.3 is 0 Å². The van der Waals surface area contributed by atoms with Gasteiger partial charge in [0.15, 0.2) is 11.5 Å². The van der Waals surface area contributed by atoms with Gasteiger partial charge in [0, 0.05) is 13.6 Å². The van der Waals surface area contributed by atoms with Gasteiger partial charge in [-0.1, -0.05) is 11.6 Å². The van der Waals surface area contributed by atoms with Crippen LogP contribution in [0.4, 0.5) is 0 Å². The molecule has 0 atom stereocenters. The van der Waals surface area contributed by atoms with Crippen molar-refractivity contribution in [2.75, 3.05) is 6.61 Å². The number of hydrogen-bond donors (Lipinski definition) is 1. The van der Waals surface area contributed by atoms with Gasteiger partial charge in [0.25, 0.3) is 0 Å². The Kier molecular flexibility index (Phi) is 5.50. The summed E-state index contributed by atoms with van der Waals surface area (Å²) in [6, 6.07) is 3.80. The Balaban J connectivity index is 2.24. The first-order valence-corrected chi connectivity index (χ1v) is 7.68. The van der Waals surface area contributed by atoms with Crippen LogP contribution in [-0.2, 0) is 20.2 Å². The fourth-order valence-corrected chi connectivity index (χ4v) is 2.59. The second kappa shape index (κ2) is 7.15. The number of benzene rings is 1. The van der Waals surface area contributed by atoms with E-state index in [1.807, 2.05) is 26.1 Å². The molecular weight excluding hydrogens is 358 g/mol. The maximum absolute atomic E-state index is 5.96. The summed E-state index contributed by atoms with van der Waals surface area (Å²) in [5.74, 6) is 2.03. The van der Waals surface area contributed by atoms with Crippen LogP contribution in [0.3, 0.4) is 0 Å². The van der Waals surface area contributed by atoms with Gasteiger partial charge in [-0.2, -0.15) is 0 Å². The fraction of sp³-hybridized carbons (Fsp3) is 0.357. The minimum atomic E-state index is 0.296. The molecule has 0 amide bonds. The number of ether oxygens (including phenoxy) is 2. The molecule has 1 aromatic carbocycles. The van der Waals surface area contributed by atoms with Crippen molar-refractivity contribution in [2.24, 2.45) is 12.8 Å². The summed E-state index contributed by atoms with van der Waals surface area (Å²) in [5, 5.41) is 0.566. The van der Waals surface area contributed by atoms with Crippen LogP contribution in [0.2, 0.25) is 5.15 Å². The zero-order valence-corrected chi connectivity index (χ0v) is 14.2. The number of nitrogens with two attached hydrogens (primary N) is 1. The molecule has 0 fully saturated rings. The largest absolute Gasteiger partial charge is 0.490 e. The molecule has 5 nitrogen and oxygen atoms in total. The zero-order chi connectivity index (χ0) is 15.4. The quantitative estimate of drug-likeness (QED) is 0.843. The van der Waals surface area contributed by atoms with Crippen LogP contribution in [0.25, 0.3) is 0 Å². The number of halogens is 2. The molecule has 1 aromatic heterocycles. The summed E-state index contributed by atoms with van der Waals surface area (Å²) in [7, 11) is 1.84. The van der Waals surface area contributed by atoms with Crippen LogP contribution >= 0.6 is 27.5 Å². The van der Waals surface area contributed by atoms with E-state index in [0.717, 1.165) is 15.9 Å². The monoisotopic (exact) mass is 373 g/mol. The highest BCUT2D eigenvalue weighted by molar-refractivity contribution is 9.10. The molecule has 0 aliphatic heterocycles. The van der Waals surface area contributed by atoms with Gasteiger partial charge < -0.3 is 19.8 Å². The number of hydrogen-bond acceptors (Lipinski definition) is 4. The third-order valence-corrected chi connectivity index (χ3v) is 3.92. The van der Waals surface area contributed by atoms with Gasteiger partial charge in [0.2, 0.25) is 0 Å². The second-order valence-electron chi connectivity index (χ2n) is 4.39. The molecule has 2 aromatic rings. The highest BCUT2D eigenvalue weighted by Crippen LogP contribution is 2.37. The molecular formula is C14H17BrClN3O2. The average molecular weight is 375 g/mol. The number of aromatic nitrogens is 2. The van der Waals surface area contributed by atoms with Gasteiger partial charge in [0.05, 0.1) is 17.3 Å². The molecule has 0 spiro atoms. The Bertz CT molecular complexity index is 631. The third kappa shape index (κ3) is 3.70. The van der Waals surface area contributed by atoms with Crippen LogP contribution < -0.4 is 15.2 Å². The lowest BCUT2D eigenvalue weighted by atomic mass is 10.2. The summed E-state index contributed by atoms with van der Waals surface area (Å²) in [5.41, 5.74) is 6.65. The van der Waals surface area contributed by atoms with E-state index in [1.165, 1.54) is 0 Å². The molecule has 0 bridgehead atoms. The molecule has 2 N–H and O–H groups in total. The second-order valence-corrected chi connectivity index (χ2v) is 5.63. The maximum atomic E-state index is 5.96. The lowest BCUT2D eigenvalue weighted by Gasteiger charge is -2.15. The van der Waals surface area contributed by atoms with Crippen LogP contribution in [-0.4, -0.2) is 16.2 Å². The molecule has 21 heavy (non-hydrogen) atoms. The lowest BCUT2D eigenvalue weighted by Crippen LogP contribution is -2.06. The van der Waals surface area contributed by atoms with Gasteiger partial charge in [-0.3, -0.25) is 0 Å². The first-order valence-electron chi connectivity index (χ1n) is 6.51. The predicted octanol–water partition coefficient (Wildman–Crippen LogP) is 3.27. The van der Waals surface area contributed by atoms with Crippen molar-refractivity contribution in [2.45, 2.75) is 20.1 Å². The van der Waals surface area contributed by atoms with Crippen LogP contribution in [0.15, 0.2) is 22.8 Å². The van der Waals surface area contributed by atoms with Gasteiger partial charge in [-0.25, -0.2) is 4.98 Å². The first-order chi connectivity index (χ1) is 10.1. The molecule has 0 saturated carbocycles. The fourth-order valence-electron chi connectivity index (χ4n) is 1.84. The number of nitrogens with zero attached hydrogens (tertiary/aromatic N) is 2. The van der Waals surface area contributed by atoms with Crippen molar-refractivity contribution in [1.82, 2.24) is 9.55 Å². The van der Waals surface area contributed by atoms with E-state index in [2.05, 4.69) is 20.9 Å². The lowest BCUT2D eigenvalue weighted by molar-refractivity contribution is 0.259. The Labute approximate surface area is 137 Å². The van der Waals surface area contributed by atoms with Crippen molar-refractivity contribution in [3.8, 4) is 11.5 Å². The van der Waals surface area contributed by atoms with Crippen molar-refractivity contribution >= 4 is 27.5 Å². The van der Waals surface area contributed by atoms with Crippen molar-refractivity contribution in [1.29, 1.82) is 0 Å². The van der Waals surface area contributed by atoms with Gasteiger partial charge in [-0.15, -0.1) is 0 Å². The Morgan fingerprint density at radius 3 is 2.71 bits per heavy atom. The average Bonchev–Trinajstić information content (AvgIpc) is 2.78. The minimum Gasteiger partial charge on any atom is -0.490 e. The number of imidazole rings is 1. The Hall–Kier alpha value is -1.24. The van der Waals surface area contributed by atoms with Crippen molar-refractivity contribution in [3.05, 3.63) is 39.3 Å². The van der Waals surface area contributed by atoms with E-state index in [0.29, 0.717) is 36.4 Å². The van der Waals surface area contributed by atoms with Gasteiger partial charge in [-0.05, 0) is 40.5 Å². The van der Waals surface area contributed by atoms with E-state index in [9.17, 15) is 0 Å². The molecule has 0 aliphatic rings. The standard InChI is InChI=1S/C14H17BrClN3O2/c1-3-20-11-5-9(6-17)4-10(15)14(11)21-8-13-18-7-12(16)19(13)2/h4-5,7H,3,6,8,17H2,1-2H3. The van der Waals surface area contributed by atoms with E-state index in [-0.39, 0.29) is 0 Å². The Morgan fingerprint density at radius 1 is 1.38 bits per heavy atom. The molecule has 7 heteroatoms. The highest BCUT2D eigenvalue weighted by Gasteiger charge is 2.13.